The first-order valence-electron chi connectivity index (χ1n) is 24.9. The second-order valence-corrected chi connectivity index (χ2v) is 26.2. The Morgan fingerprint density at radius 2 is 1.44 bits per heavy atom. The van der Waals surface area contributed by atoms with Crippen molar-refractivity contribution < 1.29 is 104 Å². The number of H-pyrrole nitrogens is 2. The lowest BCUT2D eigenvalue weighted by Crippen LogP contribution is -2.45. The number of aliphatic imine (C=N–C) groups is 1. The van der Waals surface area contributed by atoms with Crippen LogP contribution in [0, 0.1) is 5.92 Å². The number of aromatic amines is 2. The number of imidazole rings is 3. The number of phosphoric acid groups is 2. The van der Waals surface area contributed by atoms with Crippen LogP contribution >= 0.6 is 30.8 Å². The van der Waals surface area contributed by atoms with Gasteiger partial charge in [0.25, 0.3) is 17.1 Å². The number of hydrogen-bond donors (Lipinski definition) is 12. The first kappa shape index (κ1) is 61.5. The molecule has 4 aliphatic rings. The van der Waals surface area contributed by atoms with Crippen LogP contribution in [0.5, 0.6) is 0 Å². The van der Waals surface area contributed by atoms with Crippen LogP contribution in [0.1, 0.15) is 50.6 Å². The predicted molar refractivity (Wildman–Crippen MR) is 278 cm³/mol. The maximum absolute atomic E-state index is 13.9. The number of nitrogens with one attached hydrogen (secondary N) is 2. The van der Waals surface area contributed by atoms with E-state index in [1.54, 1.807) is 6.21 Å². The highest BCUT2D eigenvalue weighted by atomic mass is 31.3. The first-order valence-corrected chi connectivity index (χ1v) is 31.4. The Bertz CT molecular complexity index is 3570. The van der Waals surface area contributed by atoms with Crippen LogP contribution in [0.25, 0.3) is 28.0 Å². The number of nitrogens with two attached hydrogens (primary N) is 3. The maximum atomic E-state index is 13.9. The van der Waals surface area contributed by atoms with E-state index >= 15 is 0 Å². The van der Waals surface area contributed by atoms with Crippen molar-refractivity contribution in [3.8, 4) is 0 Å². The Balaban J connectivity index is 0.866. The number of nitrogens with zero attached hydrogens (tertiary/aromatic N) is 9. The fourth-order valence-corrected chi connectivity index (χ4v) is 15.5. The monoisotopic (exact) mass is 1240 g/mol. The number of rotatable bonds is 24. The van der Waals surface area contributed by atoms with Gasteiger partial charge >= 0.3 is 36.5 Å². The largest absolute Gasteiger partial charge is 0.479 e. The van der Waals surface area contributed by atoms with Gasteiger partial charge in [0.2, 0.25) is 17.7 Å². The third-order valence-corrected chi connectivity index (χ3v) is 19.7. The summed E-state index contributed by atoms with van der Waals surface area (Å²) in [6.45, 7) is -0.766. The molecule has 41 heteroatoms. The van der Waals surface area contributed by atoms with Gasteiger partial charge in [0.05, 0.1) is 63.6 Å². The van der Waals surface area contributed by atoms with Gasteiger partial charge in [-0.3, -0.25) is 56.0 Å². The molecule has 0 amide bonds. The molecule has 3 saturated heterocycles. The van der Waals surface area contributed by atoms with E-state index in [2.05, 4.69) is 39.2 Å². The maximum Gasteiger partial charge on any atom is 0.479 e. The molecule has 5 aromatic rings. The van der Waals surface area contributed by atoms with Crippen LogP contribution in [0.3, 0.4) is 0 Å². The highest BCUT2D eigenvalue weighted by molar-refractivity contribution is 7.64. The zero-order chi connectivity index (χ0) is 59.4. The van der Waals surface area contributed by atoms with Crippen molar-refractivity contribution in [1.82, 2.24) is 43.6 Å². The summed E-state index contributed by atoms with van der Waals surface area (Å²) < 4.78 is 114. The lowest BCUT2D eigenvalue weighted by molar-refractivity contribution is -0.745. The average Bonchev–Trinajstić information content (AvgIpc) is 4.42. The molecule has 9 heterocycles. The Morgan fingerprint density at radius 3 is 2.16 bits per heavy atom. The fourth-order valence-electron chi connectivity index (χ4n) is 9.89. The zero-order valence-electron chi connectivity index (χ0n) is 43.8. The van der Waals surface area contributed by atoms with Crippen molar-refractivity contribution in [2.75, 3.05) is 64.4 Å². The summed E-state index contributed by atoms with van der Waals surface area (Å²) in [6, 6.07) is 0. The quantitative estimate of drug-likeness (QED) is 0.0244. The highest BCUT2D eigenvalue weighted by Crippen LogP contribution is 2.62. The summed E-state index contributed by atoms with van der Waals surface area (Å²) in [5, 5.41) is 33.3. The molecule has 0 radical (unpaired) electrons. The molecule has 16 atom stereocenters. The van der Waals surface area contributed by atoms with E-state index in [-0.39, 0.29) is 58.8 Å². The lowest BCUT2D eigenvalue weighted by Gasteiger charge is -2.26. The Hall–Kier alpha value is -5.04. The van der Waals surface area contributed by atoms with Gasteiger partial charge in [0, 0.05) is 39.4 Å². The second-order valence-electron chi connectivity index (χ2n) is 19.3. The van der Waals surface area contributed by atoms with Crippen molar-refractivity contribution in [3.05, 3.63) is 51.0 Å². The molecule has 9 rings (SSSR count). The molecule has 5 aromatic heterocycles. The van der Waals surface area contributed by atoms with Crippen molar-refractivity contribution in [3.63, 3.8) is 0 Å². The Kier molecular flexibility index (Phi) is 18.1. The minimum Gasteiger partial charge on any atom is -0.397 e. The molecule has 4 aliphatic heterocycles. The minimum absolute atomic E-state index is 0.0304. The molecular formula is C41H61N14O23P4+. The van der Waals surface area contributed by atoms with Gasteiger partial charge in [0.15, 0.2) is 35.8 Å². The van der Waals surface area contributed by atoms with Gasteiger partial charge in [-0.1, -0.05) is 11.9 Å². The number of aliphatic hydroxyl groups excluding tert-OH is 3. The smallest absolute Gasteiger partial charge is 0.397 e. The Labute approximate surface area is 461 Å². The number of aryl methyl sites for hydroxylation is 1. The molecule has 82 heavy (non-hydrogen) atoms. The number of hydrogen-bond acceptors (Lipinski definition) is 27. The zero-order valence-corrected chi connectivity index (χ0v) is 47.4. The van der Waals surface area contributed by atoms with Crippen LogP contribution in [-0.2, 0) is 71.4 Å². The Morgan fingerprint density at radius 1 is 0.780 bits per heavy atom. The van der Waals surface area contributed by atoms with Gasteiger partial charge in [-0.15, -0.1) is 0 Å². The molecule has 0 aliphatic carbocycles. The van der Waals surface area contributed by atoms with E-state index in [4.69, 9.17) is 59.0 Å². The van der Waals surface area contributed by atoms with Crippen molar-refractivity contribution >= 4 is 82.8 Å². The minimum atomic E-state index is -5.53. The number of ether oxygens (including phenoxy) is 5. The number of nitrogen functional groups attached to an aromatic ring is 2. The van der Waals surface area contributed by atoms with Crippen LogP contribution in [-0.4, -0.2) is 187 Å². The second kappa shape index (κ2) is 24.1. The summed E-state index contributed by atoms with van der Waals surface area (Å²) >= 11 is 0. The number of aromatic nitrogens is 10. The molecule has 0 saturated carbocycles. The summed E-state index contributed by atoms with van der Waals surface area (Å²) in [5.41, 5.74) is 17.8. The van der Waals surface area contributed by atoms with Crippen molar-refractivity contribution in [1.29, 1.82) is 0 Å². The number of fused-ring (bicyclic) bond motifs is 3. The topological polar surface area (TPSA) is 529 Å². The molecule has 15 N–H and O–H groups in total. The summed E-state index contributed by atoms with van der Waals surface area (Å²) in [6.07, 6.45) is -12.7. The summed E-state index contributed by atoms with van der Waals surface area (Å²) in [5.74, 6) is -1.23. The third kappa shape index (κ3) is 12.8. The fraction of sp³-hybridized carbons (Fsp3) is 0.610. The number of methoxy groups -OCH3 is 2. The van der Waals surface area contributed by atoms with Crippen LogP contribution < -0.4 is 32.9 Å². The van der Waals surface area contributed by atoms with E-state index in [1.165, 1.54) is 47.6 Å². The molecule has 452 valence electrons. The first-order chi connectivity index (χ1) is 38.7. The van der Waals surface area contributed by atoms with Gasteiger partial charge in [-0.25, -0.2) is 33.0 Å². The van der Waals surface area contributed by atoms with Gasteiger partial charge in [-0.05, 0) is 18.4 Å². The van der Waals surface area contributed by atoms with E-state index in [0.717, 1.165) is 16.5 Å². The van der Waals surface area contributed by atoms with E-state index < -0.39 is 148 Å². The van der Waals surface area contributed by atoms with Crippen LogP contribution in [0.2, 0.25) is 0 Å². The van der Waals surface area contributed by atoms with Gasteiger partial charge in [-0.2, -0.15) is 4.98 Å². The lowest BCUT2D eigenvalue weighted by atomic mass is 9.95. The molecule has 0 aromatic carbocycles. The normalized spacial score (nSPS) is 29.7. The molecule has 3 fully saturated rings. The van der Waals surface area contributed by atoms with Crippen LogP contribution in [0.4, 0.5) is 17.7 Å². The SMILES string of the molecule is CCC1=C(N)c2ncn([C@@H]3OC(COP(=O)(O)CCP(=O)(O)OP(=O)(O)OC[C@H]4O[C@@H]([n+]5cn(C)c6c(=O)[nH]c(N)nc65)[C@H](O)[C@@H]4CCOC)[C@@H](OP(=O)(O)OC[C@H]4O[C@@H](n5cnc6c(=O)[nH]c(N)nc65)[C@H](O)[C@@H]4O)[C@H]3OC)c2N=CC1. The highest BCUT2D eigenvalue weighted by Gasteiger charge is 2.53. The predicted octanol–water partition coefficient (Wildman–Crippen LogP) is -1.60. The molecule has 0 bridgehead atoms. The van der Waals surface area contributed by atoms with E-state index in [9.17, 15) is 62.7 Å². The molecule has 37 nitrogen and oxygen atoms in total. The van der Waals surface area contributed by atoms with Gasteiger partial charge < -0.3 is 80.3 Å². The van der Waals surface area contributed by atoms with Gasteiger partial charge in [0.1, 0.15) is 48.4 Å². The summed E-state index contributed by atoms with van der Waals surface area (Å²) in [7, 11) is -17.2. The van der Waals surface area contributed by atoms with E-state index in [0.29, 0.717) is 18.5 Å². The number of allylic oxidation sites excluding steroid dienone is 1. The molecular weight excluding hydrogens is 1180 g/mol. The average molecular weight is 1240 g/mol. The number of phosphoric ester groups is 2. The molecule has 0 spiro atoms. The van der Waals surface area contributed by atoms with Crippen molar-refractivity contribution in [2.24, 2.45) is 23.7 Å². The standard InChI is InChI=1S/C41H60N14O23P4/c1-5-18-6-8-45-32-24(23(18)42)46-15-53(32)39-31(70-4)30(77-81(65,66)72-13-21-28(57)29(58)38(75-21)54-16-47-25-33(54)48-40(43)50-35(25)59)22(76-39)14-71-79(61,62)10-11-80(63,64)78-82(67,68)73-12-20-19(7-9-69-3)27(56)37(74-20)55-17-52(2)26-34(55)49-41(44)51-36(26)60/h8,15-17,19-22,27-31,37-39,56-58H,5-7,9-14,42H2,1-4H3,(H9-,43,44,48,49,50,51,59,60,61,62,63,64,65,66,67,68)/p+1/t19-,20-,21-,22?,27-,28-,29-,30-,31-,37-,38-,39-/m1/s1. The summed E-state index contributed by atoms with van der Waals surface area (Å²) in [4.78, 5) is 94.3. The third-order valence-electron chi connectivity index (χ3n) is 13.9. The number of aliphatic hydroxyl groups is 3. The number of anilines is 2. The van der Waals surface area contributed by atoms with Crippen LogP contribution in [0.15, 0.2) is 39.1 Å². The van der Waals surface area contributed by atoms with E-state index in [1.807, 2.05) is 6.92 Å². The molecule has 5 unspecified atom stereocenters. The van der Waals surface area contributed by atoms with Crippen molar-refractivity contribution in [2.45, 2.75) is 93.7 Å².